The van der Waals surface area contributed by atoms with E-state index in [2.05, 4.69) is 0 Å². The van der Waals surface area contributed by atoms with Gasteiger partial charge in [-0.05, 0) is 43.7 Å². The summed E-state index contributed by atoms with van der Waals surface area (Å²) in [6, 6.07) is 3.58. The number of aromatic carboxylic acids is 1. The van der Waals surface area contributed by atoms with Gasteiger partial charge in [0, 0.05) is 12.6 Å². The molecular formula is C16H21NO3S. The molecule has 0 unspecified atom stereocenters. The van der Waals surface area contributed by atoms with E-state index in [0.29, 0.717) is 16.8 Å². The van der Waals surface area contributed by atoms with Gasteiger partial charge in [-0.15, -0.1) is 11.3 Å². The van der Waals surface area contributed by atoms with Gasteiger partial charge in [0.2, 0.25) is 0 Å². The van der Waals surface area contributed by atoms with Gasteiger partial charge in [0.05, 0.1) is 4.88 Å². The Hall–Kier alpha value is -1.36. The minimum Gasteiger partial charge on any atom is -0.477 e. The van der Waals surface area contributed by atoms with Gasteiger partial charge in [-0.3, -0.25) is 4.79 Å². The molecule has 5 heteroatoms. The summed E-state index contributed by atoms with van der Waals surface area (Å²) in [5.74, 6) is -0.299. The van der Waals surface area contributed by atoms with Crippen LogP contribution in [-0.2, 0) is 0 Å². The van der Waals surface area contributed by atoms with Crippen molar-refractivity contribution in [3.63, 3.8) is 0 Å². The Bertz CT molecular complexity index is 529. The summed E-state index contributed by atoms with van der Waals surface area (Å²) in [5, 5.41) is 8.99. The van der Waals surface area contributed by atoms with E-state index in [0.717, 1.165) is 30.7 Å². The highest BCUT2D eigenvalue weighted by Gasteiger charge is 2.35. The van der Waals surface area contributed by atoms with Gasteiger partial charge in [0.25, 0.3) is 5.91 Å². The predicted octanol–water partition coefficient (Wildman–Crippen LogP) is 3.63. The summed E-state index contributed by atoms with van der Waals surface area (Å²) < 4.78 is 0. The molecule has 21 heavy (non-hydrogen) atoms. The largest absolute Gasteiger partial charge is 0.477 e. The van der Waals surface area contributed by atoms with E-state index in [1.54, 1.807) is 6.07 Å². The zero-order chi connectivity index (χ0) is 14.8. The van der Waals surface area contributed by atoms with Crippen molar-refractivity contribution in [1.29, 1.82) is 0 Å². The number of carboxylic acids is 1. The summed E-state index contributed by atoms with van der Waals surface area (Å²) in [7, 11) is 0. The molecule has 0 aliphatic heterocycles. The third kappa shape index (κ3) is 3.46. The zero-order valence-electron chi connectivity index (χ0n) is 12.1. The van der Waals surface area contributed by atoms with Crippen molar-refractivity contribution in [3.8, 4) is 0 Å². The minimum atomic E-state index is -0.954. The maximum absolute atomic E-state index is 12.7. The Morgan fingerprint density at radius 1 is 1.10 bits per heavy atom. The van der Waals surface area contributed by atoms with Gasteiger partial charge in [-0.1, -0.05) is 19.3 Å². The van der Waals surface area contributed by atoms with Crippen molar-refractivity contribution in [2.45, 2.75) is 51.0 Å². The molecule has 1 heterocycles. The molecule has 2 saturated carbocycles. The fourth-order valence-electron chi connectivity index (χ4n) is 3.14. The van der Waals surface area contributed by atoms with E-state index < -0.39 is 5.97 Å². The van der Waals surface area contributed by atoms with E-state index in [1.165, 1.54) is 38.2 Å². The predicted molar refractivity (Wildman–Crippen MR) is 81.9 cm³/mol. The summed E-state index contributed by atoms with van der Waals surface area (Å²) in [5.41, 5.74) is 0. The van der Waals surface area contributed by atoms with E-state index in [4.69, 9.17) is 5.11 Å². The molecule has 0 aromatic carbocycles. The SMILES string of the molecule is O=C(O)c1ccc(C(=O)N(CC2CCCCC2)C2CC2)s1. The number of amides is 1. The molecule has 114 valence electrons. The van der Waals surface area contributed by atoms with Crippen molar-refractivity contribution >= 4 is 23.2 Å². The number of thiophene rings is 1. The van der Waals surface area contributed by atoms with Crippen LogP contribution in [0.5, 0.6) is 0 Å². The molecule has 4 nitrogen and oxygen atoms in total. The minimum absolute atomic E-state index is 0.0283. The first kappa shape index (κ1) is 14.6. The second kappa shape index (κ2) is 6.18. The Morgan fingerprint density at radius 2 is 1.76 bits per heavy atom. The van der Waals surface area contributed by atoms with E-state index in [-0.39, 0.29) is 10.8 Å². The summed E-state index contributed by atoms with van der Waals surface area (Å²) in [4.78, 5) is 26.4. The first-order chi connectivity index (χ1) is 10.1. The molecule has 2 aliphatic carbocycles. The van der Waals surface area contributed by atoms with Crippen LogP contribution in [0.3, 0.4) is 0 Å². The second-order valence-corrected chi connectivity index (χ2v) is 7.25. The molecule has 3 rings (SSSR count). The summed E-state index contributed by atoms with van der Waals surface area (Å²) in [6.45, 7) is 0.851. The average molecular weight is 307 g/mol. The maximum atomic E-state index is 12.7. The lowest BCUT2D eigenvalue weighted by Crippen LogP contribution is -2.37. The summed E-state index contributed by atoms with van der Waals surface area (Å²) >= 11 is 1.09. The molecule has 0 radical (unpaired) electrons. The van der Waals surface area contributed by atoms with Crippen molar-refractivity contribution in [2.75, 3.05) is 6.54 Å². The topological polar surface area (TPSA) is 57.6 Å². The molecule has 1 N–H and O–H groups in total. The van der Waals surface area contributed by atoms with E-state index in [9.17, 15) is 9.59 Å². The van der Waals surface area contributed by atoms with E-state index in [1.807, 2.05) is 4.90 Å². The molecule has 0 saturated heterocycles. The summed E-state index contributed by atoms with van der Waals surface area (Å²) in [6.07, 6.45) is 8.51. The molecule has 0 atom stereocenters. The zero-order valence-corrected chi connectivity index (χ0v) is 12.9. The smallest absolute Gasteiger partial charge is 0.345 e. The van der Waals surface area contributed by atoms with Gasteiger partial charge < -0.3 is 10.0 Å². The van der Waals surface area contributed by atoms with Crippen molar-refractivity contribution in [3.05, 3.63) is 21.9 Å². The molecule has 1 amide bonds. The highest BCUT2D eigenvalue weighted by Crippen LogP contribution is 2.33. The monoisotopic (exact) mass is 307 g/mol. The maximum Gasteiger partial charge on any atom is 0.345 e. The molecular weight excluding hydrogens is 286 g/mol. The standard InChI is InChI=1S/C16H21NO3S/c18-15(13-8-9-14(21-13)16(19)20)17(12-6-7-12)10-11-4-2-1-3-5-11/h8-9,11-12H,1-7,10H2,(H,19,20). The highest BCUT2D eigenvalue weighted by molar-refractivity contribution is 7.15. The van der Waals surface area contributed by atoms with Gasteiger partial charge in [0.15, 0.2) is 0 Å². The lowest BCUT2D eigenvalue weighted by molar-refractivity contribution is 0.0696. The van der Waals surface area contributed by atoms with Gasteiger partial charge in [0.1, 0.15) is 4.88 Å². The van der Waals surface area contributed by atoms with Crippen LogP contribution in [0.2, 0.25) is 0 Å². The van der Waals surface area contributed by atoms with Crippen LogP contribution in [0.25, 0.3) is 0 Å². The highest BCUT2D eigenvalue weighted by atomic mass is 32.1. The fourth-order valence-corrected chi connectivity index (χ4v) is 3.94. The molecule has 1 aromatic heterocycles. The normalized spacial score (nSPS) is 19.4. The number of carboxylic acid groups (broad SMARTS) is 1. The number of rotatable bonds is 5. The quantitative estimate of drug-likeness (QED) is 0.903. The molecule has 2 aliphatic rings. The number of hydrogen-bond donors (Lipinski definition) is 1. The van der Waals surface area contributed by atoms with Gasteiger partial charge >= 0.3 is 5.97 Å². The van der Waals surface area contributed by atoms with Crippen LogP contribution in [0, 0.1) is 5.92 Å². The number of nitrogens with zero attached hydrogens (tertiary/aromatic N) is 1. The molecule has 2 fully saturated rings. The number of hydrogen-bond acceptors (Lipinski definition) is 3. The van der Waals surface area contributed by atoms with Crippen molar-refractivity contribution in [1.82, 2.24) is 4.90 Å². The fraction of sp³-hybridized carbons (Fsp3) is 0.625. The van der Waals surface area contributed by atoms with Crippen molar-refractivity contribution in [2.24, 2.45) is 5.92 Å². The number of carbonyl (C=O) groups excluding carboxylic acids is 1. The lowest BCUT2D eigenvalue weighted by Gasteiger charge is -2.29. The Balaban J connectivity index is 1.70. The van der Waals surface area contributed by atoms with Gasteiger partial charge in [-0.25, -0.2) is 4.79 Å². The number of carbonyl (C=O) groups is 2. The second-order valence-electron chi connectivity index (χ2n) is 6.16. The van der Waals surface area contributed by atoms with Crippen LogP contribution in [0.15, 0.2) is 12.1 Å². The Kier molecular flexibility index (Phi) is 4.29. The Morgan fingerprint density at radius 3 is 2.33 bits per heavy atom. The molecule has 0 bridgehead atoms. The first-order valence-electron chi connectivity index (χ1n) is 7.79. The van der Waals surface area contributed by atoms with Crippen molar-refractivity contribution < 1.29 is 14.7 Å². The lowest BCUT2D eigenvalue weighted by atomic mass is 9.89. The average Bonchev–Trinajstić information content (AvgIpc) is 3.20. The van der Waals surface area contributed by atoms with Crippen LogP contribution < -0.4 is 0 Å². The molecule has 0 spiro atoms. The third-order valence-electron chi connectivity index (χ3n) is 4.46. The van der Waals surface area contributed by atoms with Gasteiger partial charge in [-0.2, -0.15) is 0 Å². The Labute approximate surface area is 128 Å². The van der Waals surface area contributed by atoms with Crippen LogP contribution in [-0.4, -0.2) is 34.5 Å². The first-order valence-corrected chi connectivity index (χ1v) is 8.61. The van der Waals surface area contributed by atoms with E-state index >= 15 is 0 Å². The van der Waals surface area contributed by atoms with Crippen LogP contribution in [0.1, 0.15) is 64.3 Å². The molecule has 1 aromatic rings. The third-order valence-corrected chi connectivity index (χ3v) is 5.52. The van der Waals surface area contributed by atoms with Crippen LogP contribution in [0.4, 0.5) is 0 Å². The van der Waals surface area contributed by atoms with Crippen LogP contribution >= 0.6 is 11.3 Å².